The maximum atomic E-state index is 12.1. The summed E-state index contributed by atoms with van der Waals surface area (Å²) in [6, 6.07) is 1.79. The van der Waals surface area contributed by atoms with E-state index in [0.29, 0.717) is 18.8 Å². The number of sulfonamides is 1. The number of rotatable bonds is 4. The molecule has 1 aliphatic heterocycles. The number of fused-ring (bicyclic) bond motifs is 1. The highest BCUT2D eigenvalue weighted by Crippen LogP contribution is 2.16. The molecule has 0 bridgehead atoms. The van der Waals surface area contributed by atoms with Gasteiger partial charge in [-0.05, 0) is 6.07 Å². The second kappa shape index (κ2) is 6.19. The summed E-state index contributed by atoms with van der Waals surface area (Å²) in [5, 5.41) is 11.4. The van der Waals surface area contributed by atoms with Crippen LogP contribution in [0.2, 0.25) is 5.02 Å². The van der Waals surface area contributed by atoms with E-state index in [9.17, 15) is 13.2 Å². The molecule has 9 nitrogen and oxygen atoms in total. The van der Waals surface area contributed by atoms with E-state index in [1.54, 1.807) is 24.0 Å². The van der Waals surface area contributed by atoms with Gasteiger partial charge >= 0.3 is 0 Å². The van der Waals surface area contributed by atoms with E-state index < -0.39 is 10.0 Å². The van der Waals surface area contributed by atoms with Crippen molar-refractivity contribution in [3.05, 3.63) is 34.4 Å². The molecule has 0 spiro atoms. The first-order chi connectivity index (χ1) is 11.2. The van der Waals surface area contributed by atoms with Crippen molar-refractivity contribution in [1.82, 2.24) is 29.2 Å². The van der Waals surface area contributed by atoms with Crippen LogP contribution in [0, 0.1) is 0 Å². The molecule has 2 aromatic heterocycles. The molecule has 0 fully saturated rings. The molecule has 3 heterocycles. The summed E-state index contributed by atoms with van der Waals surface area (Å²) in [5.74, 6) is -0.385. The highest BCUT2D eigenvalue weighted by Gasteiger charge is 2.24. The van der Waals surface area contributed by atoms with Crippen LogP contribution in [0.1, 0.15) is 21.9 Å². The van der Waals surface area contributed by atoms with Gasteiger partial charge < -0.3 is 5.32 Å². The summed E-state index contributed by atoms with van der Waals surface area (Å²) < 4.78 is 27.9. The van der Waals surface area contributed by atoms with Crippen LogP contribution >= 0.6 is 11.6 Å². The number of hydrogen-bond donors (Lipinski definition) is 1. The van der Waals surface area contributed by atoms with Crippen LogP contribution in [0.25, 0.3) is 0 Å². The summed E-state index contributed by atoms with van der Waals surface area (Å²) in [5.41, 5.74) is 1.61. The largest absolute Gasteiger partial charge is 0.345 e. The predicted octanol–water partition coefficient (Wildman–Crippen LogP) is -0.0248. The maximum Gasteiger partial charge on any atom is 0.273 e. The third-order valence-corrected chi connectivity index (χ3v) is 5.24. The number of hydrogen-bond acceptors (Lipinski definition) is 5. The Morgan fingerprint density at radius 1 is 1.38 bits per heavy atom. The molecule has 1 N–H and O–H groups in total. The number of nitrogens with zero attached hydrogens (tertiary/aromatic N) is 5. The van der Waals surface area contributed by atoms with Gasteiger partial charge in [0.2, 0.25) is 10.0 Å². The molecule has 11 heteroatoms. The van der Waals surface area contributed by atoms with Crippen LogP contribution in [0.15, 0.2) is 12.3 Å². The molecule has 2 aromatic rings. The van der Waals surface area contributed by atoms with Crippen LogP contribution in [0.5, 0.6) is 0 Å². The van der Waals surface area contributed by atoms with Crippen molar-refractivity contribution in [3.63, 3.8) is 0 Å². The van der Waals surface area contributed by atoms with Gasteiger partial charge in [0.25, 0.3) is 5.91 Å². The summed E-state index contributed by atoms with van der Waals surface area (Å²) >= 11 is 5.94. The minimum absolute atomic E-state index is 0.159. The van der Waals surface area contributed by atoms with Gasteiger partial charge in [-0.2, -0.15) is 14.5 Å². The summed E-state index contributed by atoms with van der Waals surface area (Å²) in [6.07, 6.45) is 2.74. The monoisotopic (exact) mass is 372 g/mol. The van der Waals surface area contributed by atoms with Crippen LogP contribution in [0.3, 0.4) is 0 Å². The average molecular weight is 373 g/mol. The standard InChI is InChI=1S/C13H17ClN6O3S/c1-18-8-11(14)12(17-18)13(21)15-6-9-5-10-7-19(24(2,22)23)3-4-20(10)16-9/h5,8H,3-4,6-7H2,1-2H3,(H,15,21). The zero-order valence-corrected chi connectivity index (χ0v) is 14.8. The molecule has 1 amide bonds. The fourth-order valence-corrected chi connectivity index (χ4v) is 3.58. The van der Waals surface area contributed by atoms with Crippen molar-refractivity contribution >= 4 is 27.5 Å². The first-order valence-corrected chi connectivity index (χ1v) is 9.45. The number of carbonyl (C=O) groups is 1. The van der Waals surface area contributed by atoms with Crippen LogP contribution in [-0.2, 0) is 36.7 Å². The Bertz CT molecular complexity index is 888. The number of aromatic nitrogens is 4. The third kappa shape index (κ3) is 3.45. The van der Waals surface area contributed by atoms with Crippen molar-refractivity contribution in [2.45, 2.75) is 19.6 Å². The van der Waals surface area contributed by atoms with Crippen molar-refractivity contribution < 1.29 is 13.2 Å². The van der Waals surface area contributed by atoms with Crippen molar-refractivity contribution in [2.24, 2.45) is 7.05 Å². The molecule has 130 valence electrons. The number of aryl methyl sites for hydroxylation is 1. The third-order valence-electron chi connectivity index (χ3n) is 3.71. The Balaban J connectivity index is 1.67. The molecular weight excluding hydrogens is 356 g/mol. The number of carbonyl (C=O) groups excluding carboxylic acids is 1. The first kappa shape index (κ1) is 16.9. The number of amides is 1. The van der Waals surface area contributed by atoms with E-state index in [1.807, 2.05) is 0 Å². The molecule has 0 aliphatic carbocycles. The molecule has 0 unspecified atom stereocenters. The molecule has 0 saturated carbocycles. The minimum atomic E-state index is -3.23. The smallest absolute Gasteiger partial charge is 0.273 e. The lowest BCUT2D eigenvalue weighted by molar-refractivity contribution is 0.0944. The molecule has 24 heavy (non-hydrogen) atoms. The predicted molar refractivity (Wildman–Crippen MR) is 86.9 cm³/mol. The van der Waals surface area contributed by atoms with E-state index in [0.717, 1.165) is 5.69 Å². The van der Waals surface area contributed by atoms with Gasteiger partial charge in [-0.25, -0.2) is 8.42 Å². The average Bonchev–Trinajstić information content (AvgIpc) is 3.05. The van der Waals surface area contributed by atoms with E-state index in [2.05, 4.69) is 15.5 Å². The Hall–Kier alpha value is -1.91. The van der Waals surface area contributed by atoms with Gasteiger partial charge in [-0.3, -0.25) is 14.2 Å². The van der Waals surface area contributed by atoms with Crippen molar-refractivity contribution in [2.75, 3.05) is 12.8 Å². The van der Waals surface area contributed by atoms with E-state index in [4.69, 9.17) is 11.6 Å². The Morgan fingerprint density at radius 2 is 2.12 bits per heavy atom. The first-order valence-electron chi connectivity index (χ1n) is 7.22. The maximum absolute atomic E-state index is 12.1. The van der Waals surface area contributed by atoms with Gasteiger partial charge in [-0.15, -0.1) is 0 Å². The van der Waals surface area contributed by atoms with Gasteiger partial charge in [-0.1, -0.05) is 11.6 Å². The molecular formula is C13H17ClN6O3S. The molecule has 0 atom stereocenters. The quantitative estimate of drug-likeness (QED) is 0.812. The van der Waals surface area contributed by atoms with E-state index in [-0.39, 0.29) is 29.7 Å². The fraction of sp³-hybridized carbons (Fsp3) is 0.462. The van der Waals surface area contributed by atoms with Crippen LogP contribution in [0.4, 0.5) is 0 Å². The van der Waals surface area contributed by atoms with Gasteiger partial charge in [0, 0.05) is 19.8 Å². The lowest BCUT2D eigenvalue weighted by atomic mass is 10.3. The minimum Gasteiger partial charge on any atom is -0.345 e. The highest BCUT2D eigenvalue weighted by atomic mass is 35.5. The Kier molecular flexibility index (Phi) is 4.37. The molecule has 0 aromatic carbocycles. The fourth-order valence-electron chi connectivity index (χ4n) is 2.54. The van der Waals surface area contributed by atoms with Gasteiger partial charge in [0.15, 0.2) is 5.69 Å². The Morgan fingerprint density at radius 3 is 2.75 bits per heavy atom. The lowest BCUT2D eigenvalue weighted by Gasteiger charge is -2.25. The molecule has 0 radical (unpaired) electrons. The highest BCUT2D eigenvalue weighted by molar-refractivity contribution is 7.88. The van der Waals surface area contributed by atoms with Crippen molar-refractivity contribution in [1.29, 1.82) is 0 Å². The van der Waals surface area contributed by atoms with Gasteiger partial charge in [0.1, 0.15) is 0 Å². The molecule has 1 aliphatic rings. The molecule has 0 saturated heterocycles. The van der Waals surface area contributed by atoms with Gasteiger partial charge in [0.05, 0.1) is 42.3 Å². The SMILES string of the molecule is Cn1cc(Cl)c(C(=O)NCc2cc3n(n2)CCN(S(C)(=O)=O)C3)n1. The zero-order valence-electron chi connectivity index (χ0n) is 13.2. The van der Waals surface area contributed by atoms with E-state index >= 15 is 0 Å². The summed E-state index contributed by atoms with van der Waals surface area (Å²) in [4.78, 5) is 12.1. The summed E-state index contributed by atoms with van der Waals surface area (Å²) in [6.45, 7) is 1.38. The topological polar surface area (TPSA) is 102 Å². The molecule has 3 rings (SSSR count). The Labute approximate surface area is 144 Å². The number of halogens is 1. The second-order valence-electron chi connectivity index (χ2n) is 5.63. The summed E-state index contributed by atoms with van der Waals surface area (Å²) in [7, 11) is -1.55. The van der Waals surface area contributed by atoms with Crippen LogP contribution < -0.4 is 5.32 Å². The normalized spacial score (nSPS) is 15.3. The van der Waals surface area contributed by atoms with Crippen molar-refractivity contribution in [3.8, 4) is 0 Å². The number of nitrogens with one attached hydrogen (secondary N) is 1. The van der Waals surface area contributed by atoms with E-state index in [1.165, 1.54) is 15.2 Å². The van der Waals surface area contributed by atoms with Crippen LogP contribution in [-0.4, -0.2) is 51.0 Å². The second-order valence-corrected chi connectivity index (χ2v) is 8.02. The zero-order chi connectivity index (χ0) is 17.5. The lowest BCUT2D eigenvalue weighted by Crippen LogP contribution is -2.37.